The largest absolute Gasteiger partial charge is 0.496 e. The number of para-hydroxylation sites is 1. The number of carbonyl (C=O) groups is 2. The van der Waals surface area contributed by atoms with E-state index in [-0.39, 0.29) is 25.1 Å². The average molecular weight is 410 g/mol. The van der Waals surface area contributed by atoms with Crippen LogP contribution in [0.4, 0.5) is 0 Å². The highest BCUT2D eigenvalue weighted by Crippen LogP contribution is 2.16. The smallest absolute Gasteiger partial charge is 0.308 e. The van der Waals surface area contributed by atoms with E-state index in [4.69, 9.17) is 9.47 Å². The van der Waals surface area contributed by atoms with E-state index in [1.165, 1.54) is 6.92 Å². The van der Waals surface area contributed by atoms with Gasteiger partial charge in [0.25, 0.3) is 11.5 Å². The van der Waals surface area contributed by atoms with Crippen LogP contribution in [0.25, 0.3) is 10.9 Å². The number of aryl methyl sites for hydroxylation is 1. The Morgan fingerprint density at radius 1 is 1.13 bits per heavy atom. The van der Waals surface area contributed by atoms with Gasteiger partial charge in [-0.25, -0.2) is 4.68 Å². The van der Waals surface area contributed by atoms with Gasteiger partial charge in [-0.3, -0.25) is 14.4 Å². The lowest BCUT2D eigenvalue weighted by Gasteiger charge is -2.14. The van der Waals surface area contributed by atoms with Crippen molar-refractivity contribution in [1.82, 2.24) is 20.3 Å². The number of hydrogen-bond donors (Lipinski definition) is 1. The number of benzene rings is 2. The normalized spacial score (nSPS) is 11.7. The van der Waals surface area contributed by atoms with Crippen molar-refractivity contribution in [2.75, 3.05) is 7.11 Å². The highest BCUT2D eigenvalue weighted by Gasteiger charge is 2.18. The van der Waals surface area contributed by atoms with E-state index in [1.807, 2.05) is 18.2 Å². The van der Waals surface area contributed by atoms with Crippen LogP contribution in [0.1, 0.15) is 18.9 Å². The first-order chi connectivity index (χ1) is 14.5. The van der Waals surface area contributed by atoms with E-state index in [0.29, 0.717) is 16.7 Å². The molecule has 0 saturated carbocycles. The number of fused-ring (bicyclic) bond motifs is 1. The van der Waals surface area contributed by atoms with Crippen LogP contribution in [0.3, 0.4) is 0 Å². The minimum Gasteiger partial charge on any atom is -0.496 e. The van der Waals surface area contributed by atoms with Gasteiger partial charge in [0.1, 0.15) is 11.3 Å². The average Bonchev–Trinajstić information content (AvgIpc) is 2.77. The van der Waals surface area contributed by atoms with Crippen molar-refractivity contribution in [3.05, 3.63) is 64.4 Å². The van der Waals surface area contributed by atoms with Crippen molar-refractivity contribution in [1.29, 1.82) is 0 Å². The third-order valence-electron chi connectivity index (χ3n) is 4.48. The number of nitrogens with zero attached hydrogens (tertiary/aromatic N) is 3. The highest BCUT2D eigenvalue weighted by molar-refractivity contribution is 5.83. The molecule has 3 aromatic rings. The summed E-state index contributed by atoms with van der Waals surface area (Å²) in [6.07, 6.45) is -1.09. The van der Waals surface area contributed by atoms with Gasteiger partial charge in [-0.05, 0) is 25.1 Å². The summed E-state index contributed by atoms with van der Waals surface area (Å²) in [7, 11) is 1.55. The van der Waals surface area contributed by atoms with Crippen LogP contribution in [0.2, 0.25) is 0 Å². The zero-order chi connectivity index (χ0) is 21.5. The summed E-state index contributed by atoms with van der Waals surface area (Å²) >= 11 is 0. The molecule has 0 spiro atoms. The molecule has 1 atom stereocenters. The van der Waals surface area contributed by atoms with Crippen LogP contribution in [0.5, 0.6) is 5.75 Å². The van der Waals surface area contributed by atoms with Crippen molar-refractivity contribution in [2.24, 2.45) is 0 Å². The predicted molar refractivity (Wildman–Crippen MR) is 109 cm³/mol. The van der Waals surface area contributed by atoms with Gasteiger partial charge in [0, 0.05) is 12.1 Å². The van der Waals surface area contributed by atoms with Crippen molar-refractivity contribution >= 4 is 22.8 Å². The predicted octanol–water partition coefficient (Wildman–Crippen LogP) is 1.44. The zero-order valence-corrected chi connectivity index (χ0v) is 16.7. The molecule has 3 rings (SSSR count). The molecule has 9 heteroatoms. The number of hydrogen-bond acceptors (Lipinski definition) is 7. The van der Waals surface area contributed by atoms with E-state index in [2.05, 4.69) is 15.6 Å². The fourth-order valence-electron chi connectivity index (χ4n) is 2.85. The van der Waals surface area contributed by atoms with Gasteiger partial charge in [-0.2, -0.15) is 0 Å². The number of rotatable bonds is 8. The second-order valence-electron chi connectivity index (χ2n) is 6.55. The molecule has 1 aromatic heterocycles. The fraction of sp³-hybridized carbons (Fsp3) is 0.286. The van der Waals surface area contributed by atoms with Crippen molar-refractivity contribution in [3.63, 3.8) is 0 Å². The molecule has 2 aromatic carbocycles. The molecule has 9 nitrogen and oxygen atoms in total. The first-order valence-electron chi connectivity index (χ1n) is 9.41. The molecule has 156 valence electrons. The lowest BCUT2D eigenvalue weighted by molar-refractivity contribution is -0.155. The van der Waals surface area contributed by atoms with Crippen LogP contribution < -0.4 is 15.6 Å². The maximum atomic E-state index is 12.4. The van der Waals surface area contributed by atoms with Gasteiger partial charge in [-0.15, -0.1) is 5.10 Å². The molecule has 0 aliphatic rings. The molecule has 0 saturated heterocycles. The molecular weight excluding hydrogens is 388 g/mol. The Bertz CT molecular complexity index is 1110. The van der Waals surface area contributed by atoms with Gasteiger partial charge < -0.3 is 14.8 Å². The molecule has 0 bridgehead atoms. The van der Waals surface area contributed by atoms with Crippen LogP contribution in [-0.2, 0) is 27.4 Å². The van der Waals surface area contributed by atoms with Gasteiger partial charge >= 0.3 is 5.97 Å². The van der Waals surface area contributed by atoms with E-state index in [1.54, 1.807) is 37.4 Å². The number of ether oxygens (including phenoxy) is 2. The molecule has 1 heterocycles. The highest BCUT2D eigenvalue weighted by atomic mass is 16.5. The number of aromatic nitrogens is 3. The number of carbonyl (C=O) groups excluding carboxylic acids is 2. The lowest BCUT2D eigenvalue weighted by Crippen LogP contribution is -2.36. The number of nitrogens with one attached hydrogen (secondary N) is 1. The number of methoxy groups -OCH3 is 1. The summed E-state index contributed by atoms with van der Waals surface area (Å²) in [5.41, 5.74) is 0.957. The van der Waals surface area contributed by atoms with E-state index >= 15 is 0 Å². The standard InChI is InChI=1S/C21H22N4O5/c1-14(20(27)22-13-15-7-3-6-10-18(15)29-2)30-19(26)11-12-25-21(28)16-8-4-5-9-17(16)23-24-25/h3-10,14H,11-13H2,1-2H3,(H,22,27). The van der Waals surface area contributed by atoms with Crippen molar-refractivity contribution in [3.8, 4) is 5.75 Å². The van der Waals surface area contributed by atoms with Crippen LogP contribution in [-0.4, -0.2) is 40.1 Å². The van der Waals surface area contributed by atoms with Gasteiger partial charge in [0.2, 0.25) is 0 Å². The maximum absolute atomic E-state index is 12.4. The monoisotopic (exact) mass is 410 g/mol. The molecular formula is C21H22N4O5. The van der Waals surface area contributed by atoms with Gasteiger partial charge in [0.05, 0.1) is 25.5 Å². The van der Waals surface area contributed by atoms with Crippen molar-refractivity contribution < 1.29 is 19.1 Å². The zero-order valence-electron chi connectivity index (χ0n) is 16.7. The number of esters is 1. The summed E-state index contributed by atoms with van der Waals surface area (Å²) in [6.45, 7) is 1.73. The minimum atomic E-state index is -0.980. The van der Waals surface area contributed by atoms with Gasteiger partial charge in [0.15, 0.2) is 6.10 Å². The Morgan fingerprint density at radius 3 is 2.67 bits per heavy atom. The minimum absolute atomic E-state index is 0.00501. The first-order valence-corrected chi connectivity index (χ1v) is 9.41. The quantitative estimate of drug-likeness (QED) is 0.559. The number of amides is 1. The van der Waals surface area contributed by atoms with Crippen LogP contribution >= 0.6 is 0 Å². The Balaban J connectivity index is 1.51. The Morgan fingerprint density at radius 2 is 1.87 bits per heavy atom. The summed E-state index contributed by atoms with van der Waals surface area (Å²) in [6, 6.07) is 14.1. The Hall–Kier alpha value is -3.75. The van der Waals surface area contributed by atoms with Crippen LogP contribution in [0, 0.1) is 0 Å². The second-order valence-corrected chi connectivity index (χ2v) is 6.55. The SMILES string of the molecule is COc1ccccc1CNC(=O)C(C)OC(=O)CCn1nnc2ccccc2c1=O. The van der Waals surface area contributed by atoms with Gasteiger partial charge in [-0.1, -0.05) is 35.5 Å². The van der Waals surface area contributed by atoms with Crippen LogP contribution in [0.15, 0.2) is 53.3 Å². The van der Waals surface area contributed by atoms with Crippen molar-refractivity contribution in [2.45, 2.75) is 32.5 Å². The summed E-state index contributed by atoms with van der Waals surface area (Å²) in [5, 5.41) is 10.9. The molecule has 0 radical (unpaired) electrons. The molecule has 30 heavy (non-hydrogen) atoms. The lowest BCUT2D eigenvalue weighted by atomic mass is 10.2. The second kappa shape index (κ2) is 9.64. The van der Waals surface area contributed by atoms with E-state index < -0.39 is 18.0 Å². The first kappa shape index (κ1) is 21.0. The molecule has 0 fully saturated rings. The Kier molecular flexibility index (Phi) is 6.74. The Labute approximate surface area is 172 Å². The molecule has 0 aliphatic heterocycles. The topological polar surface area (TPSA) is 112 Å². The molecule has 1 unspecified atom stereocenters. The molecule has 1 amide bonds. The third-order valence-corrected chi connectivity index (χ3v) is 4.48. The molecule has 0 aliphatic carbocycles. The summed E-state index contributed by atoms with van der Waals surface area (Å²) in [5.74, 6) is -0.391. The fourth-order valence-corrected chi connectivity index (χ4v) is 2.85. The maximum Gasteiger partial charge on any atom is 0.308 e. The third kappa shape index (κ3) is 4.99. The summed E-state index contributed by atoms with van der Waals surface area (Å²) in [4.78, 5) is 36.7. The summed E-state index contributed by atoms with van der Waals surface area (Å²) < 4.78 is 11.5. The van der Waals surface area contributed by atoms with E-state index in [0.717, 1.165) is 10.2 Å². The molecule has 1 N–H and O–H groups in total. The van der Waals surface area contributed by atoms with E-state index in [9.17, 15) is 14.4 Å².